The highest BCUT2D eigenvalue weighted by Crippen LogP contribution is 2.31. The summed E-state index contributed by atoms with van der Waals surface area (Å²) in [7, 11) is -1.93. The molecular formula is C10H9BO4. The smallest absolute Gasteiger partial charge is 0.509 e. The lowest BCUT2D eigenvalue weighted by molar-refractivity contribution is 0.281. The number of phenolic OH excluding ortho intramolecular Hbond substituents is 1. The zero-order valence-corrected chi connectivity index (χ0v) is 7.79. The minimum absolute atomic E-state index is 0.0451. The van der Waals surface area contributed by atoms with Gasteiger partial charge in [-0.2, -0.15) is 0 Å². The first-order chi connectivity index (χ1) is 7.16. The van der Waals surface area contributed by atoms with Crippen LogP contribution >= 0.6 is 0 Å². The van der Waals surface area contributed by atoms with Gasteiger partial charge in [-0.1, -0.05) is 24.3 Å². The molecular weight excluding hydrogens is 195 g/mol. The molecule has 0 amide bonds. The van der Waals surface area contributed by atoms with Crippen molar-refractivity contribution < 1.29 is 19.8 Å². The molecule has 0 saturated carbocycles. The van der Waals surface area contributed by atoms with E-state index in [0.717, 1.165) is 10.8 Å². The summed E-state index contributed by atoms with van der Waals surface area (Å²) in [5.41, 5.74) is 0. The Balaban J connectivity index is 2.52. The van der Waals surface area contributed by atoms with Crippen molar-refractivity contribution in [1.29, 1.82) is 0 Å². The Morgan fingerprint density at radius 2 is 1.60 bits per heavy atom. The maximum Gasteiger partial charge on any atom is 0.707 e. The molecule has 0 saturated heterocycles. The van der Waals surface area contributed by atoms with Gasteiger partial charge in [-0.15, -0.1) is 0 Å². The predicted octanol–water partition coefficient (Wildman–Crippen LogP) is 0.894. The first-order valence-electron chi connectivity index (χ1n) is 4.41. The molecule has 0 bridgehead atoms. The van der Waals surface area contributed by atoms with E-state index in [-0.39, 0.29) is 11.5 Å². The van der Waals surface area contributed by atoms with Crippen molar-refractivity contribution in [3.8, 4) is 11.5 Å². The molecule has 4 nitrogen and oxygen atoms in total. The Labute approximate surface area is 86.5 Å². The minimum atomic E-state index is -1.93. The van der Waals surface area contributed by atoms with Crippen LogP contribution in [0.15, 0.2) is 36.4 Å². The van der Waals surface area contributed by atoms with Gasteiger partial charge in [0.05, 0.1) is 0 Å². The first kappa shape index (κ1) is 9.83. The monoisotopic (exact) mass is 204 g/mol. The Bertz CT molecular complexity index is 484. The van der Waals surface area contributed by atoms with Crippen LogP contribution in [0.4, 0.5) is 0 Å². The van der Waals surface area contributed by atoms with Crippen molar-refractivity contribution in [2.75, 3.05) is 0 Å². The Morgan fingerprint density at radius 3 is 2.20 bits per heavy atom. The van der Waals surface area contributed by atoms with Gasteiger partial charge >= 0.3 is 7.32 Å². The maximum atomic E-state index is 9.51. The molecule has 5 heteroatoms. The summed E-state index contributed by atoms with van der Waals surface area (Å²) in [4.78, 5) is 0. The highest BCUT2D eigenvalue weighted by Gasteiger charge is 2.14. The van der Waals surface area contributed by atoms with Crippen molar-refractivity contribution >= 4 is 18.1 Å². The van der Waals surface area contributed by atoms with Crippen molar-refractivity contribution in [3.05, 3.63) is 36.4 Å². The van der Waals surface area contributed by atoms with Gasteiger partial charge in [-0.3, -0.25) is 0 Å². The molecule has 0 aliphatic heterocycles. The molecule has 0 atom stereocenters. The van der Waals surface area contributed by atoms with Crippen LogP contribution in [0.3, 0.4) is 0 Å². The van der Waals surface area contributed by atoms with E-state index >= 15 is 0 Å². The first-order valence-corrected chi connectivity index (χ1v) is 4.41. The van der Waals surface area contributed by atoms with E-state index in [1.165, 1.54) is 6.07 Å². The molecule has 0 fully saturated rings. The molecule has 2 rings (SSSR count). The van der Waals surface area contributed by atoms with Gasteiger partial charge in [0, 0.05) is 0 Å². The van der Waals surface area contributed by atoms with Crippen LogP contribution in [0.5, 0.6) is 11.5 Å². The molecule has 0 aliphatic rings. The van der Waals surface area contributed by atoms with Crippen LogP contribution in [0.25, 0.3) is 10.8 Å². The third-order valence-electron chi connectivity index (χ3n) is 2.06. The third kappa shape index (κ3) is 2.03. The van der Waals surface area contributed by atoms with Gasteiger partial charge in [0.25, 0.3) is 0 Å². The predicted molar refractivity (Wildman–Crippen MR) is 56.4 cm³/mol. The highest BCUT2D eigenvalue weighted by atomic mass is 16.6. The van der Waals surface area contributed by atoms with Gasteiger partial charge in [0.2, 0.25) is 0 Å². The summed E-state index contributed by atoms with van der Waals surface area (Å²) in [5, 5.41) is 28.5. The molecule has 2 aromatic rings. The second-order valence-corrected chi connectivity index (χ2v) is 3.11. The van der Waals surface area contributed by atoms with Gasteiger partial charge in [0.15, 0.2) is 5.75 Å². The van der Waals surface area contributed by atoms with Crippen molar-refractivity contribution in [1.82, 2.24) is 0 Å². The molecule has 0 radical (unpaired) electrons. The highest BCUT2D eigenvalue weighted by molar-refractivity contribution is 6.33. The van der Waals surface area contributed by atoms with Crippen molar-refractivity contribution in [2.24, 2.45) is 0 Å². The molecule has 0 aliphatic carbocycles. The van der Waals surface area contributed by atoms with E-state index in [9.17, 15) is 5.11 Å². The van der Waals surface area contributed by atoms with Crippen molar-refractivity contribution in [3.63, 3.8) is 0 Å². The number of phenols is 1. The van der Waals surface area contributed by atoms with Crippen LogP contribution < -0.4 is 4.65 Å². The Morgan fingerprint density at radius 1 is 1.00 bits per heavy atom. The van der Waals surface area contributed by atoms with Crippen LogP contribution in [-0.2, 0) is 0 Å². The van der Waals surface area contributed by atoms with Gasteiger partial charge in [-0.25, -0.2) is 0 Å². The van der Waals surface area contributed by atoms with E-state index in [4.69, 9.17) is 10.0 Å². The summed E-state index contributed by atoms with van der Waals surface area (Å²) >= 11 is 0. The number of hydrogen-bond acceptors (Lipinski definition) is 4. The number of benzene rings is 2. The number of fused-ring (bicyclic) bond motifs is 1. The number of aromatic hydroxyl groups is 1. The Kier molecular flexibility index (Phi) is 2.49. The fraction of sp³-hybridized carbons (Fsp3) is 0. The average Bonchev–Trinajstić information content (AvgIpc) is 2.18. The second-order valence-electron chi connectivity index (χ2n) is 3.11. The third-order valence-corrected chi connectivity index (χ3v) is 2.06. The normalized spacial score (nSPS) is 10.3. The van der Waals surface area contributed by atoms with E-state index in [1.807, 2.05) is 24.3 Å². The molecule has 2 aromatic carbocycles. The van der Waals surface area contributed by atoms with E-state index < -0.39 is 7.32 Å². The zero-order chi connectivity index (χ0) is 10.8. The summed E-state index contributed by atoms with van der Waals surface area (Å²) in [5.74, 6) is -0.0782. The summed E-state index contributed by atoms with van der Waals surface area (Å²) in [6, 6.07) is 10.4. The van der Waals surface area contributed by atoms with E-state index in [0.29, 0.717) is 0 Å². The van der Waals surface area contributed by atoms with E-state index in [1.54, 1.807) is 6.07 Å². The van der Waals surface area contributed by atoms with Crippen LogP contribution in [0.1, 0.15) is 0 Å². The number of hydrogen-bond donors (Lipinski definition) is 3. The lowest BCUT2D eigenvalue weighted by atomic mass is 10.1. The zero-order valence-electron chi connectivity index (χ0n) is 7.79. The van der Waals surface area contributed by atoms with Gasteiger partial charge in [0.1, 0.15) is 5.75 Å². The molecule has 15 heavy (non-hydrogen) atoms. The van der Waals surface area contributed by atoms with Crippen LogP contribution in [0, 0.1) is 0 Å². The quantitative estimate of drug-likeness (QED) is 0.635. The van der Waals surface area contributed by atoms with Gasteiger partial charge in [-0.05, 0) is 22.9 Å². The molecule has 3 N–H and O–H groups in total. The number of rotatable bonds is 2. The molecule has 0 heterocycles. The molecule has 0 spiro atoms. The lowest BCUT2D eigenvalue weighted by Crippen LogP contribution is -2.20. The van der Waals surface area contributed by atoms with Gasteiger partial charge < -0.3 is 19.8 Å². The largest absolute Gasteiger partial charge is 0.707 e. The van der Waals surface area contributed by atoms with Crippen LogP contribution in [-0.4, -0.2) is 22.5 Å². The maximum absolute atomic E-state index is 9.51. The summed E-state index contributed by atoms with van der Waals surface area (Å²) in [6.07, 6.45) is 0. The van der Waals surface area contributed by atoms with Crippen LogP contribution in [0.2, 0.25) is 0 Å². The summed E-state index contributed by atoms with van der Waals surface area (Å²) < 4.78 is 4.61. The molecule has 0 unspecified atom stereocenters. The summed E-state index contributed by atoms with van der Waals surface area (Å²) in [6.45, 7) is 0. The standard InChI is InChI=1S/C10H9BO4/c12-9-5-7-3-1-2-4-8(7)6-10(9)15-11(13)14/h1-6,12-14H. The minimum Gasteiger partial charge on any atom is -0.509 e. The molecule has 0 aromatic heterocycles. The topological polar surface area (TPSA) is 69.9 Å². The lowest BCUT2D eigenvalue weighted by Gasteiger charge is -2.08. The van der Waals surface area contributed by atoms with E-state index in [2.05, 4.69) is 4.65 Å². The average molecular weight is 204 g/mol. The Hall–Kier alpha value is -1.72. The molecule has 76 valence electrons. The second kappa shape index (κ2) is 3.80. The SMILES string of the molecule is OB(O)Oc1cc2ccccc2cc1O. The fourth-order valence-corrected chi connectivity index (χ4v) is 1.42. The van der Waals surface area contributed by atoms with Crippen molar-refractivity contribution in [2.45, 2.75) is 0 Å². The fourth-order valence-electron chi connectivity index (χ4n) is 1.42.